The Bertz CT molecular complexity index is 456. The van der Waals surface area contributed by atoms with Gasteiger partial charge < -0.3 is 15.3 Å². The van der Waals surface area contributed by atoms with Crippen molar-refractivity contribution in [3.63, 3.8) is 0 Å². The van der Waals surface area contributed by atoms with E-state index in [1.807, 2.05) is 11.9 Å². The molecule has 0 unspecified atom stereocenters. The van der Waals surface area contributed by atoms with Crippen molar-refractivity contribution in [2.45, 2.75) is 13.8 Å². The summed E-state index contributed by atoms with van der Waals surface area (Å²) in [5.41, 5.74) is 5.29. The molecule has 1 aromatic heterocycles. The van der Waals surface area contributed by atoms with Crippen LogP contribution in [0.15, 0.2) is 6.07 Å². The monoisotopic (exact) mass is 251 g/mol. The van der Waals surface area contributed by atoms with Crippen molar-refractivity contribution in [2.24, 2.45) is 0 Å². The number of hydrogen-bond donors (Lipinski definition) is 2. The number of aryl methyl sites for hydroxylation is 2. The predicted octanol–water partition coefficient (Wildman–Crippen LogP) is 1.06. The van der Waals surface area contributed by atoms with E-state index >= 15 is 0 Å². The zero-order valence-corrected chi connectivity index (χ0v) is 10.6. The van der Waals surface area contributed by atoms with Crippen LogP contribution in [0, 0.1) is 13.8 Å². The standard InChI is InChI=1S/C12H17N3O3/c1-8-7-10(11(12(16)17)9(2)13-8)14-15-3-5-18-6-4-15/h7H,3-6H2,1-2H3,(H,13,14)(H,16,17). The third-order valence-corrected chi connectivity index (χ3v) is 2.83. The largest absolute Gasteiger partial charge is 0.478 e. The molecule has 18 heavy (non-hydrogen) atoms. The van der Waals surface area contributed by atoms with Gasteiger partial charge in [-0.15, -0.1) is 0 Å². The van der Waals surface area contributed by atoms with E-state index in [4.69, 9.17) is 4.74 Å². The molecule has 0 saturated carbocycles. The average molecular weight is 251 g/mol. The maximum atomic E-state index is 11.3. The Hall–Kier alpha value is -1.66. The summed E-state index contributed by atoms with van der Waals surface area (Å²) in [5.74, 6) is -0.962. The van der Waals surface area contributed by atoms with Crippen molar-refractivity contribution in [3.8, 4) is 0 Å². The number of hydrogen-bond acceptors (Lipinski definition) is 5. The van der Waals surface area contributed by atoms with Gasteiger partial charge in [-0.2, -0.15) is 0 Å². The minimum Gasteiger partial charge on any atom is -0.478 e. The van der Waals surface area contributed by atoms with E-state index in [0.717, 1.165) is 18.8 Å². The van der Waals surface area contributed by atoms with Crippen molar-refractivity contribution < 1.29 is 14.6 Å². The molecule has 0 aromatic carbocycles. The summed E-state index contributed by atoms with van der Waals surface area (Å²) in [7, 11) is 0. The highest BCUT2D eigenvalue weighted by molar-refractivity contribution is 5.95. The lowest BCUT2D eigenvalue weighted by molar-refractivity contribution is 0.0495. The second kappa shape index (κ2) is 5.32. The van der Waals surface area contributed by atoms with Crippen LogP contribution >= 0.6 is 0 Å². The molecule has 98 valence electrons. The zero-order valence-electron chi connectivity index (χ0n) is 10.6. The number of ether oxygens (including phenoxy) is 1. The van der Waals surface area contributed by atoms with Crippen LogP contribution in [0.4, 0.5) is 5.69 Å². The van der Waals surface area contributed by atoms with E-state index in [0.29, 0.717) is 24.6 Å². The van der Waals surface area contributed by atoms with Gasteiger partial charge in [-0.3, -0.25) is 4.98 Å². The highest BCUT2D eigenvalue weighted by Crippen LogP contribution is 2.20. The molecular formula is C12H17N3O3. The molecule has 0 bridgehead atoms. The molecule has 1 saturated heterocycles. The Labute approximate surface area is 106 Å². The Balaban J connectivity index is 2.27. The lowest BCUT2D eigenvalue weighted by Crippen LogP contribution is -2.40. The summed E-state index contributed by atoms with van der Waals surface area (Å²) < 4.78 is 5.25. The minimum atomic E-state index is -0.962. The lowest BCUT2D eigenvalue weighted by Gasteiger charge is -2.28. The Morgan fingerprint density at radius 2 is 2.11 bits per heavy atom. The van der Waals surface area contributed by atoms with Crippen molar-refractivity contribution in [1.82, 2.24) is 9.99 Å². The average Bonchev–Trinajstić information content (AvgIpc) is 2.28. The van der Waals surface area contributed by atoms with E-state index in [9.17, 15) is 9.90 Å². The van der Waals surface area contributed by atoms with E-state index in [1.54, 1.807) is 13.0 Å². The van der Waals surface area contributed by atoms with Crippen LogP contribution in [0.3, 0.4) is 0 Å². The molecule has 0 aliphatic carbocycles. The normalized spacial score (nSPS) is 16.6. The molecule has 2 rings (SSSR count). The highest BCUT2D eigenvalue weighted by Gasteiger charge is 2.18. The smallest absolute Gasteiger partial charge is 0.339 e. The Morgan fingerprint density at radius 3 is 2.72 bits per heavy atom. The number of rotatable bonds is 3. The number of carboxylic acid groups (broad SMARTS) is 1. The number of hydrazine groups is 1. The molecule has 1 aliphatic rings. The Kier molecular flexibility index (Phi) is 3.78. The number of anilines is 1. The topological polar surface area (TPSA) is 74.7 Å². The first-order valence-corrected chi connectivity index (χ1v) is 5.89. The van der Waals surface area contributed by atoms with Crippen LogP contribution in [0.25, 0.3) is 0 Å². The fraction of sp³-hybridized carbons (Fsp3) is 0.500. The first kappa shape index (κ1) is 12.8. The summed E-state index contributed by atoms with van der Waals surface area (Å²) in [6.45, 7) is 6.33. The predicted molar refractivity (Wildman–Crippen MR) is 66.7 cm³/mol. The van der Waals surface area contributed by atoms with Gasteiger partial charge in [0.05, 0.1) is 24.6 Å². The second-order valence-electron chi connectivity index (χ2n) is 4.29. The maximum absolute atomic E-state index is 11.3. The summed E-state index contributed by atoms with van der Waals surface area (Å²) in [5, 5.41) is 11.2. The SMILES string of the molecule is Cc1cc(NN2CCOCC2)c(C(=O)O)c(C)n1. The molecular weight excluding hydrogens is 234 g/mol. The molecule has 0 amide bonds. The van der Waals surface area contributed by atoms with Gasteiger partial charge in [0.15, 0.2) is 0 Å². The van der Waals surface area contributed by atoms with Crippen LogP contribution in [0.1, 0.15) is 21.7 Å². The van der Waals surface area contributed by atoms with Crippen molar-refractivity contribution in [1.29, 1.82) is 0 Å². The van der Waals surface area contributed by atoms with E-state index in [2.05, 4.69) is 10.4 Å². The van der Waals surface area contributed by atoms with E-state index in [1.165, 1.54) is 0 Å². The summed E-state index contributed by atoms with van der Waals surface area (Å²) in [4.78, 5) is 15.5. The number of aromatic nitrogens is 1. The number of aromatic carboxylic acids is 1. The van der Waals surface area contributed by atoms with Crippen molar-refractivity contribution >= 4 is 11.7 Å². The molecule has 1 fully saturated rings. The van der Waals surface area contributed by atoms with Crippen LogP contribution in [-0.4, -0.2) is 47.4 Å². The van der Waals surface area contributed by atoms with Gasteiger partial charge >= 0.3 is 5.97 Å². The summed E-state index contributed by atoms with van der Waals surface area (Å²) in [6.07, 6.45) is 0. The quantitative estimate of drug-likeness (QED) is 0.836. The molecule has 0 spiro atoms. The number of morpholine rings is 1. The molecule has 0 radical (unpaired) electrons. The Morgan fingerprint density at radius 1 is 1.44 bits per heavy atom. The van der Waals surface area contributed by atoms with Crippen molar-refractivity contribution in [2.75, 3.05) is 31.7 Å². The molecule has 1 aliphatic heterocycles. The van der Waals surface area contributed by atoms with Gasteiger partial charge in [0.25, 0.3) is 0 Å². The first-order valence-electron chi connectivity index (χ1n) is 5.89. The maximum Gasteiger partial charge on any atom is 0.339 e. The van der Waals surface area contributed by atoms with Crippen LogP contribution in [0.2, 0.25) is 0 Å². The molecule has 2 heterocycles. The molecule has 6 heteroatoms. The fourth-order valence-corrected chi connectivity index (χ4v) is 2.03. The number of carbonyl (C=O) groups is 1. The summed E-state index contributed by atoms with van der Waals surface area (Å²) >= 11 is 0. The minimum absolute atomic E-state index is 0.229. The zero-order chi connectivity index (χ0) is 13.1. The summed E-state index contributed by atoms with van der Waals surface area (Å²) in [6, 6.07) is 1.76. The fourth-order valence-electron chi connectivity index (χ4n) is 2.03. The lowest BCUT2D eigenvalue weighted by atomic mass is 10.1. The van der Waals surface area contributed by atoms with Gasteiger partial charge in [-0.05, 0) is 19.9 Å². The molecule has 1 aromatic rings. The van der Waals surface area contributed by atoms with Crippen LogP contribution < -0.4 is 5.43 Å². The van der Waals surface area contributed by atoms with Crippen LogP contribution in [0.5, 0.6) is 0 Å². The van der Waals surface area contributed by atoms with Gasteiger partial charge in [-0.1, -0.05) is 0 Å². The van der Waals surface area contributed by atoms with E-state index < -0.39 is 5.97 Å². The third kappa shape index (κ3) is 2.77. The van der Waals surface area contributed by atoms with Crippen LogP contribution in [-0.2, 0) is 4.74 Å². The highest BCUT2D eigenvalue weighted by atomic mass is 16.5. The number of pyridine rings is 1. The van der Waals surface area contributed by atoms with Crippen molar-refractivity contribution in [3.05, 3.63) is 23.0 Å². The molecule has 2 N–H and O–H groups in total. The number of nitrogens with zero attached hydrogens (tertiary/aromatic N) is 2. The molecule has 6 nitrogen and oxygen atoms in total. The third-order valence-electron chi connectivity index (χ3n) is 2.83. The number of carboxylic acids is 1. The van der Waals surface area contributed by atoms with Gasteiger partial charge in [0.2, 0.25) is 0 Å². The van der Waals surface area contributed by atoms with Gasteiger partial charge in [-0.25, -0.2) is 9.80 Å². The number of nitrogens with one attached hydrogen (secondary N) is 1. The first-order chi connectivity index (χ1) is 8.58. The van der Waals surface area contributed by atoms with Gasteiger partial charge in [0.1, 0.15) is 5.56 Å². The van der Waals surface area contributed by atoms with Gasteiger partial charge in [0, 0.05) is 18.8 Å². The molecule has 0 atom stereocenters. The van der Waals surface area contributed by atoms with E-state index in [-0.39, 0.29) is 5.56 Å². The second-order valence-corrected chi connectivity index (χ2v) is 4.29.